The van der Waals surface area contributed by atoms with E-state index in [1.54, 1.807) is 13.8 Å². The number of ether oxygens (including phenoxy) is 2. The molecule has 1 saturated heterocycles. The quantitative estimate of drug-likeness (QED) is 0.539. The first-order chi connectivity index (χ1) is 15.2. The van der Waals surface area contributed by atoms with Crippen molar-refractivity contribution in [1.82, 2.24) is 20.1 Å². The minimum absolute atomic E-state index is 0.0810. The van der Waals surface area contributed by atoms with Crippen LogP contribution >= 0.6 is 0 Å². The molecular formula is C20H22FN5O5S. The van der Waals surface area contributed by atoms with Gasteiger partial charge in [0.25, 0.3) is 0 Å². The summed E-state index contributed by atoms with van der Waals surface area (Å²) in [6.07, 6.45) is 3.65. The van der Waals surface area contributed by atoms with Gasteiger partial charge in [0.15, 0.2) is 27.2 Å². The molecule has 0 amide bonds. The van der Waals surface area contributed by atoms with E-state index < -0.39 is 15.7 Å². The summed E-state index contributed by atoms with van der Waals surface area (Å²) in [7, 11) is -3.52. The van der Waals surface area contributed by atoms with Gasteiger partial charge in [0.2, 0.25) is 11.8 Å². The van der Waals surface area contributed by atoms with Crippen LogP contribution < -0.4 is 14.4 Å². The summed E-state index contributed by atoms with van der Waals surface area (Å²) in [4.78, 5) is 14.4. The number of aryl methyl sites for hydroxylation is 1. The smallest absolute Gasteiger partial charge is 0.324 e. The minimum atomic E-state index is -3.52. The van der Waals surface area contributed by atoms with Gasteiger partial charge in [0, 0.05) is 32.2 Å². The number of hydrogen-bond donors (Lipinski definition) is 0. The highest BCUT2D eigenvalue weighted by Crippen LogP contribution is 2.31. The Morgan fingerprint density at radius 3 is 2.50 bits per heavy atom. The zero-order valence-corrected chi connectivity index (χ0v) is 18.6. The zero-order chi connectivity index (χ0) is 22.9. The van der Waals surface area contributed by atoms with Crippen LogP contribution in [-0.2, 0) is 9.84 Å². The molecule has 0 saturated carbocycles. The number of rotatable bonds is 6. The van der Waals surface area contributed by atoms with Crippen LogP contribution in [-0.4, -0.2) is 54.0 Å². The van der Waals surface area contributed by atoms with Gasteiger partial charge in [-0.25, -0.2) is 22.8 Å². The summed E-state index contributed by atoms with van der Waals surface area (Å²) in [6, 6.07) is 3.94. The minimum Gasteiger partial charge on any atom is -0.474 e. The van der Waals surface area contributed by atoms with Crippen molar-refractivity contribution < 1.29 is 26.8 Å². The summed E-state index contributed by atoms with van der Waals surface area (Å²) in [5, 5.41) is 3.81. The highest BCUT2D eigenvalue weighted by molar-refractivity contribution is 7.90. The molecule has 3 aromatic rings. The lowest BCUT2D eigenvalue weighted by molar-refractivity contribution is 0.159. The first-order valence-corrected chi connectivity index (χ1v) is 11.8. The maximum atomic E-state index is 14.4. The molecule has 1 aromatic carbocycles. The van der Waals surface area contributed by atoms with Gasteiger partial charge < -0.3 is 18.9 Å². The van der Waals surface area contributed by atoms with Gasteiger partial charge in [-0.05, 0) is 32.0 Å². The Hall–Kier alpha value is -3.28. The Labute approximate surface area is 184 Å². The van der Waals surface area contributed by atoms with Crippen molar-refractivity contribution in [2.24, 2.45) is 0 Å². The van der Waals surface area contributed by atoms with E-state index >= 15 is 0 Å². The number of hydrogen-bond acceptors (Lipinski definition) is 10. The van der Waals surface area contributed by atoms with Gasteiger partial charge in [-0.15, -0.1) is 0 Å². The summed E-state index contributed by atoms with van der Waals surface area (Å²) in [5.41, 5.74) is 0.508. The molecule has 0 unspecified atom stereocenters. The van der Waals surface area contributed by atoms with Gasteiger partial charge in [0.05, 0.1) is 10.5 Å². The van der Waals surface area contributed by atoms with E-state index in [0.29, 0.717) is 36.4 Å². The fourth-order valence-electron chi connectivity index (χ4n) is 3.28. The molecule has 12 heteroatoms. The molecule has 10 nitrogen and oxygen atoms in total. The van der Waals surface area contributed by atoms with Crippen molar-refractivity contribution >= 4 is 15.9 Å². The lowest BCUT2D eigenvalue weighted by atomic mass is 10.1. The van der Waals surface area contributed by atoms with Crippen LogP contribution in [0.15, 0.2) is 33.9 Å². The number of sulfone groups is 1. The fraction of sp³-hybridized carbons (Fsp3) is 0.400. The van der Waals surface area contributed by atoms with E-state index in [0.717, 1.165) is 25.2 Å². The molecule has 32 heavy (non-hydrogen) atoms. The van der Waals surface area contributed by atoms with Crippen LogP contribution in [0.4, 0.5) is 10.4 Å². The predicted octanol–water partition coefficient (Wildman–Crippen LogP) is 2.86. The molecule has 2 aromatic heterocycles. The molecule has 0 N–H and O–H groups in total. The van der Waals surface area contributed by atoms with Gasteiger partial charge in [-0.1, -0.05) is 5.16 Å². The fourth-order valence-corrected chi connectivity index (χ4v) is 3.91. The molecule has 0 bridgehead atoms. The molecule has 0 spiro atoms. The molecule has 1 aliphatic heterocycles. The van der Waals surface area contributed by atoms with Gasteiger partial charge in [-0.2, -0.15) is 4.98 Å². The SMILES string of the molecule is Cc1noc(N2CCC(Oc3ncnc(Oc4ccc(S(C)(=O)=O)cc4F)c3C)CC2)n1. The molecular weight excluding hydrogens is 441 g/mol. The number of piperidine rings is 1. The van der Waals surface area contributed by atoms with Crippen molar-refractivity contribution in [3.05, 3.63) is 41.7 Å². The molecule has 0 radical (unpaired) electrons. The van der Waals surface area contributed by atoms with E-state index in [1.165, 1.54) is 18.5 Å². The van der Waals surface area contributed by atoms with E-state index in [1.807, 2.05) is 4.90 Å². The lowest BCUT2D eigenvalue weighted by Gasteiger charge is -2.30. The Kier molecular flexibility index (Phi) is 5.96. The Bertz CT molecular complexity index is 1220. The van der Waals surface area contributed by atoms with Crippen LogP contribution in [0.3, 0.4) is 0 Å². The van der Waals surface area contributed by atoms with Crippen LogP contribution in [0.2, 0.25) is 0 Å². The standard InChI is InChI=1S/C20H22FN5O5S/c1-12-18(29-14-6-8-26(9-7-14)20-24-13(2)25-31-20)22-11-23-19(12)30-17-5-4-15(10-16(17)21)32(3,27)28/h4-5,10-11,14H,6-9H2,1-3H3. The number of benzene rings is 1. The van der Waals surface area contributed by atoms with Crippen LogP contribution in [0, 0.1) is 19.7 Å². The first-order valence-electron chi connectivity index (χ1n) is 9.91. The second-order valence-corrected chi connectivity index (χ2v) is 9.52. The van der Waals surface area contributed by atoms with Crippen molar-refractivity contribution in [3.63, 3.8) is 0 Å². The number of nitrogens with zero attached hydrogens (tertiary/aromatic N) is 5. The van der Waals surface area contributed by atoms with Crippen LogP contribution in [0.1, 0.15) is 24.2 Å². The van der Waals surface area contributed by atoms with Crippen molar-refractivity contribution in [2.45, 2.75) is 37.7 Å². The number of anilines is 1. The molecule has 4 rings (SSSR count). The van der Waals surface area contributed by atoms with E-state index in [4.69, 9.17) is 14.0 Å². The highest BCUT2D eigenvalue weighted by atomic mass is 32.2. The Morgan fingerprint density at radius 1 is 1.16 bits per heavy atom. The van der Waals surface area contributed by atoms with E-state index in [9.17, 15) is 12.8 Å². The van der Waals surface area contributed by atoms with Crippen molar-refractivity contribution in [1.29, 1.82) is 0 Å². The Balaban J connectivity index is 1.43. The average molecular weight is 463 g/mol. The molecule has 170 valence electrons. The summed E-state index contributed by atoms with van der Waals surface area (Å²) in [6.45, 7) is 4.87. The molecule has 0 atom stereocenters. The summed E-state index contributed by atoms with van der Waals surface area (Å²) < 4.78 is 54.4. The summed E-state index contributed by atoms with van der Waals surface area (Å²) >= 11 is 0. The van der Waals surface area contributed by atoms with E-state index in [-0.39, 0.29) is 22.6 Å². The van der Waals surface area contributed by atoms with Gasteiger partial charge in [-0.3, -0.25) is 0 Å². The average Bonchev–Trinajstić information content (AvgIpc) is 3.18. The zero-order valence-electron chi connectivity index (χ0n) is 17.8. The second-order valence-electron chi connectivity index (χ2n) is 7.50. The highest BCUT2D eigenvalue weighted by Gasteiger charge is 2.25. The summed E-state index contributed by atoms with van der Waals surface area (Å²) in [5.74, 6) is 0.102. The second kappa shape index (κ2) is 8.69. The largest absolute Gasteiger partial charge is 0.474 e. The lowest BCUT2D eigenvalue weighted by Crippen LogP contribution is -2.38. The molecule has 1 fully saturated rings. The molecule has 0 aliphatic carbocycles. The number of halogens is 1. The van der Waals surface area contributed by atoms with E-state index in [2.05, 4.69) is 20.1 Å². The topological polar surface area (TPSA) is 121 Å². The Morgan fingerprint density at radius 2 is 1.88 bits per heavy atom. The third-order valence-electron chi connectivity index (χ3n) is 5.04. The monoisotopic (exact) mass is 463 g/mol. The first kappa shape index (κ1) is 21.9. The molecule has 1 aliphatic rings. The molecule has 3 heterocycles. The van der Waals surface area contributed by atoms with Gasteiger partial charge in [0.1, 0.15) is 12.4 Å². The number of aromatic nitrogens is 4. The third-order valence-corrected chi connectivity index (χ3v) is 6.15. The van der Waals surface area contributed by atoms with Crippen molar-refractivity contribution in [2.75, 3.05) is 24.2 Å². The predicted molar refractivity (Wildman–Crippen MR) is 111 cm³/mol. The van der Waals surface area contributed by atoms with Crippen LogP contribution in [0.5, 0.6) is 17.5 Å². The van der Waals surface area contributed by atoms with Gasteiger partial charge >= 0.3 is 6.01 Å². The van der Waals surface area contributed by atoms with Crippen LogP contribution in [0.25, 0.3) is 0 Å². The maximum Gasteiger partial charge on any atom is 0.324 e. The third kappa shape index (κ3) is 4.79. The normalized spacial score (nSPS) is 15.1. The maximum absolute atomic E-state index is 14.4. The van der Waals surface area contributed by atoms with Crippen molar-refractivity contribution in [3.8, 4) is 17.5 Å².